The van der Waals surface area contributed by atoms with Crippen LogP contribution in [0.2, 0.25) is 0 Å². The highest BCUT2D eigenvalue weighted by atomic mass is 79.9. The molecule has 0 bridgehead atoms. The maximum Gasteiger partial charge on any atom is 0.613 e. The number of nitrogens with zero attached hydrogens (tertiary/aromatic N) is 1. The number of hydrogen-bond acceptors (Lipinski definition) is 11. The molecule has 164 valence electrons. The summed E-state index contributed by atoms with van der Waals surface area (Å²) in [4.78, 5) is 38.3. The number of thiocarbonyl (C=S) groups is 1. The minimum Gasteiger partial charge on any atom is -0.497 e. The Morgan fingerprint density at radius 1 is 1.31 bits per heavy atom. The van der Waals surface area contributed by atoms with Crippen molar-refractivity contribution in [3.8, 4) is 0 Å². The van der Waals surface area contributed by atoms with Crippen molar-refractivity contribution in [1.82, 2.24) is 4.90 Å². The van der Waals surface area contributed by atoms with Crippen LogP contribution in [0.5, 0.6) is 0 Å². The normalized spacial score (nSPS) is 17.1. The van der Waals surface area contributed by atoms with Crippen molar-refractivity contribution in [2.24, 2.45) is 0 Å². The fourth-order valence-corrected chi connectivity index (χ4v) is 4.64. The van der Waals surface area contributed by atoms with E-state index in [0.29, 0.717) is 6.61 Å². The number of Topliss-reactive ketones (excluding diaryl/α,β-unsaturated/α-hetero) is 1. The summed E-state index contributed by atoms with van der Waals surface area (Å²) in [6.45, 7) is 2.01. The molecule has 0 N–H and O–H groups in total. The van der Waals surface area contributed by atoms with Crippen molar-refractivity contribution in [3.63, 3.8) is 0 Å². The van der Waals surface area contributed by atoms with Crippen LogP contribution in [0.1, 0.15) is 19.8 Å². The van der Waals surface area contributed by atoms with Crippen LogP contribution in [0.3, 0.4) is 0 Å². The van der Waals surface area contributed by atoms with Crippen molar-refractivity contribution < 1.29 is 37.9 Å². The molecule has 1 fully saturated rings. The topological polar surface area (TPSA) is 101 Å². The lowest BCUT2D eigenvalue weighted by Gasteiger charge is -2.29. The van der Waals surface area contributed by atoms with Gasteiger partial charge >= 0.3 is 19.1 Å². The molecule has 1 aliphatic heterocycles. The number of methoxy groups -OCH3 is 2. The third-order valence-corrected chi connectivity index (χ3v) is 6.24. The van der Waals surface area contributed by atoms with Crippen LogP contribution >= 0.6 is 39.9 Å². The van der Waals surface area contributed by atoms with Crippen molar-refractivity contribution in [2.75, 3.05) is 46.3 Å². The van der Waals surface area contributed by atoms with Gasteiger partial charge in [-0.25, -0.2) is 0 Å². The Balaban J connectivity index is 2.97. The second kappa shape index (κ2) is 12.9. The molecule has 1 unspecified atom stereocenters. The molecule has 0 amide bonds. The van der Waals surface area contributed by atoms with E-state index < -0.39 is 30.0 Å². The Kier molecular flexibility index (Phi) is 11.7. The molecule has 0 radical (unpaired) electrons. The fourth-order valence-electron chi connectivity index (χ4n) is 2.49. The Labute approximate surface area is 188 Å². The zero-order valence-electron chi connectivity index (χ0n) is 16.8. The van der Waals surface area contributed by atoms with E-state index in [1.165, 1.54) is 19.1 Å². The first-order valence-electron chi connectivity index (χ1n) is 8.81. The number of hydrogen-bond donors (Lipinski definition) is 0. The van der Waals surface area contributed by atoms with Gasteiger partial charge in [-0.15, -0.1) is 0 Å². The smallest absolute Gasteiger partial charge is 0.497 e. The quantitative estimate of drug-likeness (QED) is 0.182. The maximum absolute atomic E-state index is 12.7. The van der Waals surface area contributed by atoms with E-state index in [1.807, 2.05) is 0 Å². The monoisotopic (exact) mass is 513 g/mol. The van der Waals surface area contributed by atoms with E-state index in [9.17, 15) is 14.4 Å². The molecule has 1 aliphatic rings. The highest BCUT2D eigenvalue weighted by Gasteiger charge is 2.43. The summed E-state index contributed by atoms with van der Waals surface area (Å²) in [5.74, 6) is -2.86. The number of halogens is 1. The van der Waals surface area contributed by atoms with Crippen LogP contribution in [0.25, 0.3) is 0 Å². The predicted octanol–water partition coefficient (Wildman–Crippen LogP) is 1.20. The van der Waals surface area contributed by atoms with Gasteiger partial charge in [0.25, 0.3) is 0 Å². The van der Waals surface area contributed by atoms with Gasteiger partial charge in [-0.05, 0) is 32.6 Å². The van der Waals surface area contributed by atoms with E-state index in [2.05, 4.69) is 15.9 Å². The van der Waals surface area contributed by atoms with Crippen LogP contribution in [-0.2, 0) is 37.9 Å². The number of thioether (sulfide) groups is 1. The minimum atomic E-state index is -1.44. The number of ether oxygens (including phenoxy) is 3. The fraction of sp³-hybridized carbons (Fsp3) is 0.750. The summed E-state index contributed by atoms with van der Waals surface area (Å²) in [5, 5.41) is -0.503. The molecule has 0 aliphatic carbocycles. The van der Waals surface area contributed by atoms with Crippen LogP contribution in [-0.4, -0.2) is 91.4 Å². The third kappa shape index (κ3) is 8.14. The second-order valence-corrected chi connectivity index (χ2v) is 8.52. The number of rotatable bonds is 10. The van der Waals surface area contributed by atoms with Gasteiger partial charge in [-0.1, -0.05) is 27.7 Å². The molecular weight excluding hydrogens is 489 g/mol. The molecular formula is C16H25BBrNO8S2. The molecule has 1 atom stereocenters. The van der Waals surface area contributed by atoms with Crippen molar-refractivity contribution in [2.45, 2.75) is 30.7 Å². The van der Waals surface area contributed by atoms with Gasteiger partial charge in [0, 0.05) is 20.6 Å². The number of carbonyl (C=O) groups is 3. The molecule has 0 aromatic rings. The highest BCUT2D eigenvalue weighted by Crippen LogP contribution is 2.27. The summed E-state index contributed by atoms with van der Waals surface area (Å²) >= 11 is 9.45. The van der Waals surface area contributed by atoms with E-state index in [-0.39, 0.29) is 41.4 Å². The highest BCUT2D eigenvalue weighted by molar-refractivity contribution is 9.09. The molecule has 13 heteroatoms. The Bertz CT molecular complexity index is 579. The van der Waals surface area contributed by atoms with Crippen LogP contribution in [0, 0.1) is 0 Å². The molecule has 0 aromatic carbocycles. The van der Waals surface area contributed by atoms with Gasteiger partial charge < -0.3 is 23.5 Å². The first-order valence-corrected chi connectivity index (χ1v) is 11.2. The van der Waals surface area contributed by atoms with Crippen LogP contribution in [0.4, 0.5) is 0 Å². The molecule has 0 saturated carbocycles. The van der Waals surface area contributed by atoms with Gasteiger partial charge in [0.15, 0.2) is 5.78 Å². The molecule has 29 heavy (non-hydrogen) atoms. The molecule has 0 aromatic heterocycles. The Morgan fingerprint density at radius 3 is 2.31 bits per heavy atom. The van der Waals surface area contributed by atoms with Crippen molar-refractivity contribution in [1.29, 1.82) is 0 Å². The van der Waals surface area contributed by atoms with Gasteiger partial charge in [-0.3, -0.25) is 19.3 Å². The number of likely N-dealkylation sites (N-methyl/N-ethyl adjacent to an activating group) is 1. The lowest BCUT2D eigenvalue weighted by Crippen LogP contribution is -2.48. The Hall–Kier alpha value is -0.725. The standard InChI is InChI=1S/C16H25BBrNO8S2/c1-5-25-15(28)29-12(7-6-11(20)16(10-18,23-3)24-4)17-26-13(21)8-19(2)9-14(22)27-17/h12H,5-10H2,1-4H3. The molecule has 9 nitrogen and oxygen atoms in total. The first-order chi connectivity index (χ1) is 13.7. The lowest BCUT2D eigenvalue weighted by molar-refractivity contribution is -0.196. The SMILES string of the molecule is CCOC(=S)SC(CCC(=O)C(CBr)(OC)OC)B1OC(=O)CN(C)CC(=O)O1. The molecule has 1 heterocycles. The van der Waals surface area contributed by atoms with E-state index in [4.69, 9.17) is 35.7 Å². The van der Waals surface area contributed by atoms with Gasteiger partial charge in [0.1, 0.15) is 0 Å². The minimum absolute atomic E-state index is 0.00515. The summed E-state index contributed by atoms with van der Waals surface area (Å²) in [6, 6.07) is 0. The zero-order chi connectivity index (χ0) is 22.0. The average Bonchev–Trinajstić information content (AvgIpc) is 2.65. The average molecular weight is 514 g/mol. The van der Waals surface area contributed by atoms with Crippen molar-refractivity contribution in [3.05, 3.63) is 0 Å². The van der Waals surface area contributed by atoms with Crippen LogP contribution in [0.15, 0.2) is 0 Å². The number of alkyl halides is 1. The summed E-state index contributed by atoms with van der Waals surface area (Å²) in [6.07, 6.45) is 0.185. The number of carbonyl (C=O) groups excluding carboxylic acids is 3. The maximum atomic E-state index is 12.7. The van der Waals surface area contributed by atoms with Gasteiger partial charge in [-0.2, -0.15) is 0 Å². The van der Waals surface area contributed by atoms with Crippen molar-refractivity contribution >= 4 is 69.1 Å². The molecule has 1 rings (SSSR count). The lowest BCUT2D eigenvalue weighted by atomic mass is 9.80. The molecule has 0 spiro atoms. The Morgan fingerprint density at radius 2 is 1.86 bits per heavy atom. The number of ketones is 1. The van der Waals surface area contributed by atoms with E-state index in [1.54, 1.807) is 14.0 Å². The third-order valence-electron chi connectivity index (χ3n) is 4.02. The largest absolute Gasteiger partial charge is 0.613 e. The van der Waals surface area contributed by atoms with Gasteiger partial charge in [0.05, 0.1) is 30.2 Å². The van der Waals surface area contributed by atoms with E-state index in [0.717, 1.165) is 11.8 Å². The molecule has 1 saturated heterocycles. The van der Waals surface area contributed by atoms with E-state index >= 15 is 0 Å². The summed E-state index contributed by atoms with van der Waals surface area (Å²) in [7, 11) is 3.14. The second-order valence-electron chi connectivity index (χ2n) is 6.12. The predicted molar refractivity (Wildman–Crippen MR) is 116 cm³/mol. The summed E-state index contributed by atoms with van der Waals surface area (Å²) < 4.78 is 26.6. The first kappa shape index (κ1) is 26.3. The van der Waals surface area contributed by atoms with Gasteiger partial charge in [0.2, 0.25) is 10.2 Å². The summed E-state index contributed by atoms with van der Waals surface area (Å²) in [5.41, 5.74) is 0. The zero-order valence-corrected chi connectivity index (χ0v) is 20.0. The van der Waals surface area contributed by atoms with Crippen LogP contribution < -0.4 is 0 Å².